The number of ketones is 1. The van der Waals surface area contributed by atoms with Crippen LogP contribution in [0.2, 0.25) is 0 Å². The van der Waals surface area contributed by atoms with Crippen LogP contribution in [0, 0.1) is 0 Å². The number of thiophene rings is 1. The second-order valence-corrected chi connectivity index (χ2v) is 14.6. The molecule has 3 unspecified atom stereocenters. The van der Waals surface area contributed by atoms with Crippen LogP contribution in [0.15, 0.2) is 66.3 Å². The SMILES string of the molecule is CC(C)(C)c1ccc(C(=O)NC(Cc2cccs2)C(=O)N2CCC3C2C(=O)CN3S(=O)(=O)Cc2cccnc2)cc1. The molecule has 2 amide bonds. The number of amides is 2. The number of rotatable bonds is 8. The zero-order chi connectivity index (χ0) is 29.4. The zero-order valence-corrected chi connectivity index (χ0v) is 25.0. The summed E-state index contributed by atoms with van der Waals surface area (Å²) in [6.45, 7) is 6.24. The Labute approximate surface area is 244 Å². The van der Waals surface area contributed by atoms with Crippen LogP contribution in [-0.4, -0.2) is 71.4 Å². The molecule has 2 aliphatic heterocycles. The van der Waals surface area contributed by atoms with Crippen LogP contribution >= 0.6 is 11.3 Å². The lowest BCUT2D eigenvalue weighted by Crippen LogP contribution is -2.53. The molecule has 9 nitrogen and oxygen atoms in total. The van der Waals surface area contributed by atoms with Gasteiger partial charge in [-0.15, -0.1) is 11.3 Å². The van der Waals surface area contributed by atoms with Gasteiger partial charge >= 0.3 is 0 Å². The summed E-state index contributed by atoms with van der Waals surface area (Å²) >= 11 is 1.48. The van der Waals surface area contributed by atoms with Gasteiger partial charge in [0.15, 0.2) is 5.78 Å². The smallest absolute Gasteiger partial charge is 0.251 e. The molecule has 3 atom stereocenters. The van der Waals surface area contributed by atoms with Crippen LogP contribution in [-0.2, 0) is 37.2 Å². The quantitative estimate of drug-likeness (QED) is 0.428. The van der Waals surface area contributed by atoms with E-state index in [1.54, 1.807) is 30.5 Å². The molecule has 0 spiro atoms. The predicted octanol–water partition coefficient (Wildman–Crippen LogP) is 3.17. The standard InChI is InChI=1S/C30H34N4O5S2/c1-30(2,3)22-10-8-21(9-11-22)28(36)32-24(16-23-7-5-15-40-23)29(37)33-14-12-25-27(33)26(35)18-34(25)41(38,39)19-20-6-4-13-31-17-20/h4-11,13,15,17,24-25,27H,12,14,16,18-19H2,1-3H3,(H,32,36). The Kier molecular flexibility index (Phi) is 8.13. The van der Waals surface area contributed by atoms with Crippen molar-refractivity contribution < 1.29 is 22.8 Å². The van der Waals surface area contributed by atoms with Gasteiger partial charge in [0.2, 0.25) is 15.9 Å². The lowest BCUT2D eigenvalue weighted by molar-refractivity contribution is -0.138. The van der Waals surface area contributed by atoms with Gasteiger partial charge in [0.25, 0.3) is 5.91 Å². The number of nitrogens with one attached hydrogen (secondary N) is 1. The predicted molar refractivity (Wildman–Crippen MR) is 157 cm³/mol. The van der Waals surface area contributed by atoms with Crippen molar-refractivity contribution >= 4 is 39.0 Å². The van der Waals surface area contributed by atoms with Gasteiger partial charge in [0.05, 0.1) is 18.3 Å². The first-order chi connectivity index (χ1) is 19.4. The molecule has 0 bridgehead atoms. The molecule has 3 aromatic rings. The third-order valence-electron chi connectivity index (χ3n) is 7.69. The van der Waals surface area contributed by atoms with Crippen molar-refractivity contribution in [3.8, 4) is 0 Å². The molecule has 5 rings (SSSR count). The van der Waals surface area contributed by atoms with E-state index in [1.165, 1.54) is 26.7 Å². The van der Waals surface area contributed by atoms with Crippen molar-refractivity contribution in [2.45, 2.75) is 62.9 Å². The van der Waals surface area contributed by atoms with E-state index >= 15 is 0 Å². The van der Waals surface area contributed by atoms with Crippen molar-refractivity contribution in [3.63, 3.8) is 0 Å². The highest BCUT2D eigenvalue weighted by atomic mass is 32.2. The molecule has 1 N–H and O–H groups in total. The summed E-state index contributed by atoms with van der Waals surface area (Å²) < 4.78 is 27.8. The highest BCUT2D eigenvalue weighted by Crippen LogP contribution is 2.33. The van der Waals surface area contributed by atoms with Crippen LogP contribution in [0.3, 0.4) is 0 Å². The van der Waals surface area contributed by atoms with Crippen molar-refractivity contribution in [1.82, 2.24) is 19.5 Å². The molecule has 41 heavy (non-hydrogen) atoms. The van der Waals surface area contributed by atoms with E-state index in [-0.39, 0.29) is 48.3 Å². The fourth-order valence-corrected chi connectivity index (χ4v) is 8.02. The number of Topliss-reactive ketones (excluding diaryl/α,β-unsaturated/α-hetero) is 1. The minimum Gasteiger partial charge on any atom is -0.340 e. The van der Waals surface area contributed by atoms with Gasteiger partial charge in [0, 0.05) is 35.8 Å². The van der Waals surface area contributed by atoms with Crippen molar-refractivity contribution in [2.75, 3.05) is 13.1 Å². The van der Waals surface area contributed by atoms with Crippen molar-refractivity contribution in [2.24, 2.45) is 0 Å². The molecule has 4 heterocycles. The first kappa shape index (κ1) is 29.1. The monoisotopic (exact) mass is 594 g/mol. The molecule has 0 aliphatic carbocycles. The maximum atomic E-state index is 13.9. The number of pyridine rings is 1. The summed E-state index contributed by atoms with van der Waals surface area (Å²) in [7, 11) is -3.81. The molecule has 2 aliphatic rings. The second kappa shape index (κ2) is 11.5. The summed E-state index contributed by atoms with van der Waals surface area (Å²) in [5.41, 5.74) is 1.99. The number of nitrogens with zero attached hydrogens (tertiary/aromatic N) is 3. The minimum atomic E-state index is -3.81. The van der Waals surface area contributed by atoms with Crippen molar-refractivity contribution in [3.05, 3.63) is 87.9 Å². The van der Waals surface area contributed by atoms with Gasteiger partial charge in [-0.2, -0.15) is 4.31 Å². The summed E-state index contributed by atoms with van der Waals surface area (Å²) in [6.07, 6.45) is 3.68. The molecule has 2 fully saturated rings. The number of aromatic nitrogens is 1. The van der Waals surface area contributed by atoms with Crippen molar-refractivity contribution in [1.29, 1.82) is 0 Å². The molecule has 2 saturated heterocycles. The molecular weight excluding hydrogens is 560 g/mol. The Morgan fingerprint density at radius 2 is 1.88 bits per heavy atom. The van der Waals surface area contributed by atoms with Crippen LogP contribution in [0.4, 0.5) is 0 Å². The average molecular weight is 595 g/mol. The Morgan fingerprint density at radius 1 is 1.12 bits per heavy atom. The molecule has 2 aromatic heterocycles. The molecule has 0 radical (unpaired) electrons. The first-order valence-corrected chi connectivity index (χ1v) is 16.1. The number of likely N-dealkylation sites (tertiary alicyclic amines) is 1. The van der Waals surface area contributed by atoms with Crippen LogP contribution in [0.1, 0.15) is 53.6 Å². The third-order valence-corrected chi connectivity index (χ3v) is 10.4. The van der Waals surface area contributed by atoms with Gasteiger partial charge in [-0.05, 0) is 52.6 Å². The maximum absolute atomic E-state index is 13.9. The second-order valence-electron chi connectivity index (χ2n) is 11.6. The van der Waals surface area contributed by atoms with E-state index < -0.39 is 28.1 Å². The molecule has 216 valence electrons. The highest BCUT2D eigenvalue weighted by molar-refractivity contribution is 7.88. The van der Waals surface area contributed by atoms with Gasteiger partial charge < -0.3 is 10.2 Å². The lowest BCUT2D eigenvalue weighted by atomic mass is 9.86. The molecular formula is C30H34N4O5S2. The van der Waals surface area contributed by atoms with E-state index in [1.807, 2.05) is 29.6 Å². The third kappa shape index (κ3) is 6.27. The Hall–Kier alpha value is -3.41. The van der Waals surface area contributed by atoms with Gasteiger partial charge in [-0.25, -0.2) is 8.42 Å². The number of fused-ring (bicyclic) bond motifs is 1. The van der Waals surface area contributed by atoms with Gasteiger partial charge in [-0.3, -0.25) is 19.4 Å². The van der Waals surface area contributed by atoms with Gasteiger partial charge in [0.1, 0.15) is 12.1 Å². The summed E-state index contributed by atoms with van der Waals surface area (Å²) in [5.74, 6) is -1.34. The largest absolute Gasteiger partial charge is 0.340 e. The highest BCUT2D eigenvalue weighted by Gasteiger charge is 2.54. The topological polar surface area (TPSA) is 117 Å². The Bertz CT molecular complexity index is 1520. The number of hydrogen-bond donors (Lipinski definition) is 1. The first-order valence-electron chi connectivity index (χ1n) is 13.6. The van der Waals surface area contributed by atoms with Gasteiger partial charge in [-0.1, -0.05) is 45.0 Å². The lowest BCUT2D eigenvalue weighted by Gasteiger charge is -2.28. The number of sulfonamides is 1. The minimum absolute atomic E-state index is 0.0634. The van der Waals surface area contributed by atoms with E-state index in [0.717, 1.165) is 10.4 Å². The van der Waals surface area contributed by atoms with Crippen LogP contribution in [0.5, 0.6) is 0 Å². The van der Waals surface area contributed by atoms with E-state index in [0.29, 0.717) is 17.5 Å². The Morgan fingerprint density at radius 3 is 2.51 bits per heavy atom. The van der Waals surface area contributed by atoms with E-state index in [9.17, 15) is 22.8 Å². The number of benzene rings is 1. The zero-order valence-electron chi connectivity index (χ0n) is 23.3. The summed E-state index contributed by atoms with van der Waals surface area (Å²) in [6, 6.07) is 12.0. The number of hydrogen-bond acceptors (Lipinski definition) is 7. The molecule has 11 heteroatoms. The molecule has 1 aromatic carbocycles. The fourth-order valence-electron chi connectivity index (χ4n) is 5.55. The fraction of sp³-hybridized carbons (Fsp3) is 0.400. The van der Waals surface area contributed by atoms with E-state index in [4.69, 9.17) is 0 Å². The van der Waals surface area contributed by atoms with E-state index in [2.05, 4.69) is 31.1 Å². The summed E-state index contributed by atoms with van der Waals surface area (Å²) in [4.78, 5) is 46.8. The average Bonchev–Trinajstić information content (AvgIpc) is 3.67. The number of carbonyl (C=O) groups excluding carboxylic acids is 3. The normalized spacial score (nSPS) is 20.2. The maximum Gasteiger partial charge on any atom is 0.251 e. The van der Waals surface area contributed by atoms with Crippen LogP contribution in [0.25, 0.3) is 0 Å². The summed E-state index contributed by atoms with van der Waals surface area (Å²) in [5, 5.41) is 4.81. The van der Waals surface area contributed by atoms with Crippen LogP contribution < -0.4 is 5.32 Å². The Balaban J connectivity index is 1.34. The number of carbonyl (C=O) groups is 3. The molecule has 0 saturated carbocycles.